The minimum Gasteiger partial charge on any atom is -0.399 e. The normalized spacial score (nSPS) is 19.2. The maximum atomic E-state index is 13.3. The summed E-state index contributed by atoms with van der Waals surface area (Å²) in [5, 5.41) is 4.68. The zero-order chi connectivity index (χ0) is 17.7. The Morgan fingerprint density at radius 3 is 2.08 bits per heavy atom. The standard InChI is InChI=1S/C18H24BFN2O2/c1-12(2)22-11-15(19-23-17(3,4)18(5,6)24-19)16(21-22)13-7-9-14(20)10-8-13/h7-12H,1-6H3. The van der Waals surface area contributed by atoms with Gasteiger partial charge in [0.25, 0.3) is 0 Å². The van der Waals surface area contributed by atoms with E-state index in [9.17, 15) is 4.39 Å². The van der Waals surface area contributed by atoms with E-state index in [1.165, 1.54) is 12.1 Å². The molecule has 2 heterocycles. The van der Waals surface area contributed by atoms with Crippen LogP contribution in [0.3, 0.4) is 0 Å². The molecule has 0 bridgehead atoms. The average molecular weight is 330 g/mol. The van der Waals surface area contributed by atoms with E-state index in [-0.39, 0.29) is 11.9 Å². The van der Waals surface area contributed by atoms with Crippen molar-refractivity contribution in [2.75, 3.05) is 0 Å². The molecule has 1 aliphatic heterocycles. The quantitative estimate of drug-likeness (QED) is 0.807. The van der Waals surface area contributed by atoms with E-state index >= 15 is 0 Å². The predicted molar refractivity (Wildman–Crippen MR) is 93.7 cm³/mol. The van der Waals surface area contributed by atoms with Crippen LogP contribution in [0.25, 0.3) is 11.3 Å². The van der Waals surface area contributed by atoms with Crippen molar-refractivity contribution in [2.45, 2.75) is 58.8 Å². The number of hydrogen-bond donors (Lipinski definition) is 0. The van der Waals surface area contributed by atoms with E-state index < -0.39 is 18.3 Å². The maximum absolute atomic E-state index is 13.3. The van der Waals surface area contributed by atoms with Gasteiger partial charge in [-0.2, -0.15) is 5.10 Å². The summed E-state index contributed by atoms with van der Waals surface area (Å²) in [4.78, 5) is 0. The summed E-state index contributed by atoms with van der Waals surface area (Å²) in [5.41, 5.74) is 1.65. The van der Waals surface area contributed by atoms with Crippen LogP contribution in [-0.2, 0) is 9.31 Å². The minimum absolute atomic E-state index is 0.209. The number of nitrogens with zero attached hydrogens (tertiary/aromatic N) is 2. The van der Waals surface area contributed by atoms with E-state index in [1.54, 1.807) is 12.1 Å². The van der Waals surface area contributed by atoms with Gasteiger partial charge in [-0.05, 0) is 65.8 Å². The van der Waals surface area contributed by atoms with Crippen molar-refractivity contribution in [2.24, 2.45) is 0 Å². The van der Waals surface area contributed by atoms with Crippen LogP contribution in [0.1, 0.15) is 47.6 Å². The molecule has 4 nitrogen and oxygen atoms in total. The molecular formula is C18H24BFN2O2. The van der Waals surface area contributed by atoms with Gasteiger partial charge < -0.3 is 9.31 Å². The number of halogens is 1. The van der Waals surface area contributed by atoms with Crippen LogP contribution in [-0.4, -0.2) is 28.1 Å². The molecule has 0 spiro atoms. The zero-order valence-electron chi connectivity index (χ0n) is 15.1. The predicted octanol–water partition coefficient (Wildman–Crippen LogP) is 3.57. The second kappa shape index (κ2) is 5.71. The Bertz CT molecular complexity index is 722. The molecule has 1 saturated heterocycles. The fourth-order valence-electron chi connectivity index (χ4n) is 2.64. The fraction of sp³-hybridized carbons (Fsp3) is 0.500. The van der Waals surface area contributed by atoms with Crippen LogP contribution < -0.4 is 5.46 Å². The second-order valence-corrected chi connectivity index (χ2v) is 7.60. The lowest BCUT2D eigenvalue weighted by Crippen LogP contribution is -2.41. The summed E-state index contributed by atoms with van der Waals surface area (Å²) in [6, 6.07) is 6.56. The van der Waals surface area contributed by atoms with Gasteiger partial charge in [-0.15, -0.1) is 0 Å². The van der Waals surface area contributed by atoms with Crippen LogP contribution in [0.2, 0.25) is 0 Å². The molecule has 1 aromatic carbocycles. The summed E-state index contributed by atoms with van der Waals surface area (Å²) < 4.78 is 27.5. The highest BCUT2D eigenvalue weighted by atomic mass is 19.1. The third kappa shape index (κ3) is 2.89. The molecule has 1 fully saturated rings. The largest absolute Gasteiger partial charge is 0.498 e. The van der Waals surface area contributed by atoms with Crippen LogP contribution in [0.5, 0.6) is 0 Å². The smallest absolute Gasteiger partial charge is 0.399 e. The van der Waals surface area contributed by atoms with Gasteiger partial charge in [-0.1, -0.05) is 0 Å². The number of benzene rings is 1. The zero-order valence-corrected chi connectivity index (χ0v) is 15.1. The van der Waals surface area contributed by atoms with Crippen LogP contribution >= 0.6 is 0 Å². The number of aromatic nitrogens is 2. The van der Waals surface area contributed by atoms with Gasteiger partial charge in [-0.25, -0.2) is 4.39 Å². The Hall–Kier alpha value is -1.66. The molecule has 0 N–H and O–H groups in total. The minimum atomic E-state index is -0.498. The lowest BCUT2D eigenvalue weighted by Gasteiger charge is -2.32. The van der Waals surface area contributed by atoms with Gasteiger partial charge >= 0.3 is 7.12 Å². The Balaban J connectivity index is 2.06. The van der Waals surface area contributed by atoms with Crippen LogP contribution in [0.15, 0.2) is 30.5 Å². The Morgan fingerprint density at radius 2 is 1.58 bits per heavy atom. The number of hydrogen-bond acceptors (Lipinski definition) is 3. The molecule has 0 radical (unpaired) electrons. The van der Waals surface area contributed by atoms with E-state index in [1.807, 2.05) is 38.6 Å². The molecule has 3 rings (SSSR count). The van der Waals surface area contributed by atoms with Crippen molar-refractivity contribution < 1.29 is 13.7 Å². The summed E-state index contributed by atoms with van der Waals surface area (Å²) in [6.07, 6.45) is 1.96. The van der Waals surface area contributed by atoms with Crippen molar-refractivity contribution in [1.82, 2.24) is 9.78 Å². The van der Waals surface area contributed by atoms with Crippen molar-refractivity contribution in [1.29, 1.82) is 0 Å². The summed E-state index contributed by atoms with van der Waals surface area (Å²) >= 11 is 0. The van der Waals surface area contributed by atoms with E-state index in [0.29, 0.717) is 0 Å². The molecule has 2 aromatic rings. The summed E-state index contributed by atoms with van der Waals surface area (Å²) in [5.74, 6) is -0.265. The average Bonchev–Trinajstić information content (AvgIpc) is 3.00. The van der Waals surface area contributed by atoms with E-state index in [2.05, 4.69) is 18.9 Å². The fourth-order valence-corrected chi connectivity index (χ4v) is 2.64. The Morgan fingerprint density at radius 1 is 1.04 bits per heavy atom. The highest BCUT2D eigenvalue weighted by molar-refractivity contribution is 6.63. The Kier molecular flexibility index (Phi) is 4.08. The molecule has 1 aromatic heterocycles. The lowest BCUT2D eigenvalue weighted by atomic mass is 9.78. The molecule has 24 heavy (non-hydrogen) atoms. The number of rotatable bonds is 3. The topological polar surface area (TPSA) is 36.3 Å². The van der Waals surface area contributed by atoms with Crippen molar-refractivity contribution in [3.8, 4) is 11.3 Å². The second-order valence-electron chi connectivity index (χ2n) is 7.60. The van der Waals surface area contributed by atoms with Crippen molar-refractivity contribution >= 4 is 12.6 Å². The molecule has 1 aliphatic rings. The van der Waals surface area contributed by atoms with Crippen LogP contribution in [0.4, 0.5) is 4.39 Å². The van der Waals surface area contributed by atoms with Gasteiger partial charge in [0.15, 0.2) is 0 Å². The Labute approximate surface area is 143 Å². The van der Waals surface area contributed by atoms with Crippen molar-refractivity contribution in [3.05, 3.63) is 36.3 Å². The molecular weight excluding hydrogens is 306 g/mol. The molecule has 0 aliphatic carbocycles. The molecule has 0 amide bonds. The molecule has 0 saturated carbocycles. The SMILES string of the molecule is CC(C)n1cc(B2OC(C)(C)C(C)(C)O2)c(-c2ccc(F)cc2)n1. The third-order valence-corrected chi connectivity index (χ3v) is 4.91. The molecule has 128 valence electrons. The highest BCUT2D eigenvalue weighted by Crippen LogP contribution is 2.37. The highest BCUT2D eigenvalue weighted by Gasteiger charge is 2.52. The molecule has 0 atom stereocenters. The van der Waals surface area contributed by atoms with Gasteiger partial charge in [-0.3, -0.25) is 4.68 Å². The first-order valence-corrected chi connectivity index (χ1v) is 8.31. The molecule has 6 heteroatoms. The van der Waals surface area contributed by atoms with Gasteiger partial charge in [0.1, 0.15) is 5.82 Å². The monoisotopic (exact) mass is 330 g/mol. The first-order chi connectivity index (χ1) is 11.1. The van der Waals surface area contributed by atoms with Crippen molar-refractivity contribution in [3.63, 3.8) is 0 Å². The third-order valence-electron chi connectivity index (χ3n) is 4.91. The lowest BCUT2D eigenvalue weighted by molar-refractivity contribution is 0.00578. The van der Waals surface area contributed by atoms with Gasteiger partial charge in [0.05, 0.1) is 16.9 Å². The van der Waals surface area contributed by atoms with Gasteiger partial charge in [0.2, 0.25) is 0 Å². The van der Waals surface area contributed by atoms with E-state index in [0.717, 1.165) is 16.7 Å². The van der Waals surface area contributed by atoms with Crippen LogP contribution in [0, 0.1) is 5.82 Å². The summed E-state index contributed by atoms with van der Waals surface area (Å²) in [6.45, 7) is 12.2. The summed E-state index contributed by atoms with van der Waals surface area (Å²) in [7, 11) is -0.498. The first-order valence-electron chi connectivity index (χ1n) is 8.31. The first kappa shape index (κ1) is 17.2. The van der Waals surface area contributed by atoms with Gasteiger partial charge in [0, 0.05) is 23.3 Å². The maximum Gasteiger partial charge on any atom is 0.498 e. The molecule has 0 unspecified atom stereocenters. The van der Waals surface area contributed by atoms with E-state index in [4.69, 9.17) is 9.31 Å².